The summed E-state index contributed by atoms with van der Waals surface area (Å²) >= 11 is 20.7. The second-order valence-corrected chi connectivity index (χ2v) is 13.1. The second-order valence-electron chi connectivity index (χ2n) is 11.0. The van der Waals surface area contributed by atoms with Crippen LogP contribution in [0.2, 0.25) is 15.2 Å². The Morgan fingerprint density at radius 1 is 1.08 bits per heavy atom. The van der Waals surface area contributed by atoms with E-state index in [4.69, 9.17) is 63.2 Å². The number of ether oxygens (including phenoxy) is 6. The Hall–Kier alpha value is -3.77. The Morgan fingerprint density at radius 3 is 2.45 bits per heavy atom. The van der Waals surface area contributed by atoms with Crippen molar-refractivity contribution >= 4 is 74.8 Å². The highest BCUT2D eigenvalue weighted by Gasteiger charge is 2.63. The van der Waals surface area contributed by atoms with Crippen LogP contribution < -0.4 is 15.7 Å². The highest BCUT2D eigenvalue weighted by molar-refractivity contribution is 9.10. The minimum atomic E-state index is -4.13. The monoisotopic (exact) mass is 812 g/mol. The molecule has 1 saturated heterocycles. The van der Waals surface area contributed by atoms with Crippen molar-refractivity contribution in [3.8, 4) is 5.88 Å². The lowest BCUT2D eigenvalue weighted by molar-refractivity contribution is -0.153. The standard InChI is InChI=1S/C29H26BrCl3F2N4O10/c1-28(2,3)49-27(43)48-20-18(12-44-19(40)13-45-23-17(32)9-16(31)21(33)36-23)47-24(29(20,34)35)39-10-15(30)22(37-25(39)41)38-26(42)46-11-14-7-5-4-6-8-14/h4-10,18,20,24H,11-13H2,1-3H3,(H,37,38,41,42)/t18-,20?,24-/m1/s1. The molecule has 3 heterocycles. The number of esters is 1. The molecule has 3 aromatic rings. The van der Waals surface area contributed by atoms with Gasteiger partial charge in [-0.1, -0.05) is 65.1 Å². The lowest BCUT2D eigenvalue weighted by Crippen LogP contribution is -2.45. The number of carbonyl (C=O) groups is 3. The first-order valence-electron chi connectivity index (χ1n) is 13.9. The SMILES string of the molecule is CC(C)(C)OC(=O)OC1[C@@H](COC(=O)COc2nc(Cl)c(Cl)cc2Cl)O[C@@H](n2cc(Br)c(NC(=O)OCc3ccccc3)nc2=O)C1(F)F. The Labute approximate surface area is 300 Å². The smallest absolute Gasteiger partial charge is 0.465 e. The topological polar surface area (TPSA) is 166 Å². The first-order valence-corrected chi connectivity index (χ1v) is 15.9. The molecule has 4 rings (SSSR count). The Balaban J connectivity index is 1.49. The molecule has 0 aliphatic carbocycles. The van der Waals surface area contributed by atoms with E-state index in [-0.39, 0.29) is 38.0 Å². The van der Waals surface area contributed by atoms with Gasteiger partial charge in [-0.05, 0) is 48.3 Å². The highest BCUT2D eigenvalue weighted by atomic mass is 79.9. The van der Waals surface area contributed by atoms with Crippen molar-refractivity contribution in [1.82, 2.24) is 14.5 Å². The molecule has 14 nitrogen and oxygen atoms in total. The van der Waals surface area contributed by atoms with Gasteiger partial charge in [0, 0.05) is 6.20 Å². The number of hydrogen-bond acceptors (Lipinski definition) is 12. The molecular formula is C29H26BrCl3F2N4O10. The maximum atomic E-state index is 15.9. The molecular weight excluding hydrogens is 789 g/mol. The molecule has 1 aromatic carbocycles. The second kappa shape index (κ2) is 15.8. The van der Waals surface area contributed by atoms with Crippen molar-refractivity contribution in [3.63, 3.8) is 0 Å². The van der Waals surface area contributed by atoms with Gasteiger partial charge in [-0.2, -0.15) is 18.7 Å². The van der Waals surface area contributed by atoms with Crippen LogP contribution in [0.4, 0.5) is 24.2 Å². The largest absolute Gasteiger partial charge is 0.509 e. The molecule has 2 aromatic heterocycles. The molecule has 1 N–H and O–H groups in total. The van der Waals surface area contributed by atoms with E-state index in [0.717, 1.165) is 6.20 Å². The van der Waals surface area contributed by atoms with Gasteiger partial charge in [0.1, 0.15) is 29.9 Å². The van der Waals surface area contributed by atoms with Crippen molar-refractivity contribution in [2.75, 3.05) is 18.5 Å². The number of rotatable bonds is 10. The van der Waals surface area contributed by atoms with Crippen LogP contribution in [0.15, 0.2) is 51.9 Å². The van der Waals surface area contributed by atoms with E-state index in [0.29, 0.717) is 10.1 Å². The zero-order chi connectivity index (χ0) is 36.1. The van der Waals surface area contributed by atoms with E-state index in [1.807, 2.05) is 0 Å². The van der Waals surface area contributed by atoms with Crippen LogP contribution in [0, 0.1) is 0 Å². The lowest BCUT2D eigenvalue weighted by Gasteiger charge is -2.26. The number of alkyl halides is 2. The number of nitrogens with zero attached hydrogens (tertiary/aromatic N) is 3. The summed E-state index contributed by atoms with van der Waals surface area (Å²) in [6.45, 7) is 2.63. The van der Waals surface area contributed by atoms with Crippen molar-refractivity contribution in [2.45, 2.75) is 57.3 Å². The van der Waals surface area contributed by atoms with E-state index in [2.05, 4.69) is 31.2 Å². The van der Waals surface area contributed by atoms with Gasteiger partial charge in [0.05, 0.1) is 9.50 Å². The molecule has 1 aliphatic heterocycles. The van der Waals surface area contributed by atoms with Crippen molar-refractivity contribution < 1.29 is 51.6 Å². The fraction of sp³-hybridized carbons (Fsp3) is 0.379. The number of amides is 1. The molecule has 264 valence electrons. The Morgan fingerprint density at radius 2 is 1.78 bits per heavy atom. The normalized spacial score (nSPS) is 18.3. The van der Waals surface area contributed by atoms with Crippen molar-refractivity contribution in [1.29, 1.82) is 0 Å². The predicted octanol–water partition coefficient (Wildman–Crippen LogP) is 6.58. The summed E-state index contributed by atoms with van der Waals surface area (Å²) in [5, 5.41) is 2.04. The van der Waals surface area contributed by atoms with Crippen LogP contribution in [-0.2, 0) is 35.1 Å². The zero-order valence-electron chi connectivity index (χ0n) is 25.6. The quantitative estimate of drug-likeness (QED) is 0.133. The molecule has 0 spiro atoms. The molecule has 1 unspecified atom stereocenters. The van der Waals surface area contributed by atoms with E-state index in [1.54, 1.807) is 30.3 Å². The molecule has 1 amide bonds. The molecule has 1 fully saturated rings. The summed E-state index contributed by atoms with van der Waals surface area (Å²) < 4.78 is 62.9. The van der Waals surface area contributed by atoms with Crippen molar-refractivity contribution in [2.24, 2.45) is 0 Å². The van der Waals surface area contributed by atoms with E-state index < -0.39 is 67.1 Å². The fourth-order valence-electron chi connectivity index (χ4n) is 4.06. The van der Waals surface area contributed by atoms with Crippen LogP contribution in [-0.4, -0.2) is 69.7 Å². The van der Waals surface area contributed by atoms with Crippen LogP contribution in [0.3, 0.4) is 0 Å². The summed E-state index contributed by atoms with van der Waals surface area (Å²) in [4.78, 5) is 57.6. The third-order valence-corrected chi connectivity index (χ3v) is 7.67. The van der Waals surface area contributed by atoms with E-state index in [9.17, 15) is 19.2 Å². The maximum Gasteiger partial charge on any atom is 0.509 e. The van der Waals surface area contributed by atoms with Gasteiger partial charge >= 0.3 is 29.8 Å². The molecule has 3 atom stereocenters. The van der Waals surface area contributed by atoms with Gasteiger partial charge in [-0.3, -0.25) is 9.88 Å². The number of hydrogen-bond donors (Lipinski definition) is 1. The number of pyridine rings is 1. The Kier molecular flexibility index (Phi) is 12.3. The molecule has 20 heteroatoms. The van der Waals surface area contributed by atoms with Gasteiger partial charge in [0.2, 0.25) is 18.2 Å². The molecule has 0 saturated carbocycles. The number of aromatic nitrogens is 3. The first-order chi connectivity index (χ1) is 22.9. The van der Waals surface area contributed by atoms with Gasteiger partial charge in [0.15, 0.2) is 17.6 Å². The van der Waals surface area contributed by atoms with Gasteiger partial charge in [-0.25, -0.2) is 19.2 Å². The fourth-order valence-corrected chi connectivity index (χ4v) is 5.01. The zero-order valence-corrected chi connectivity index (χ0v) is 29.4. The Bertz CT molecular complexity index is 1760. The number of halogens is 6. The van der Waals surface area contributed by atoms with Gasteiger partial charge in [-0.15, -0.1) is 0 Å². The summed E-state index contributed by atoms with van der Waals surface area (Å²) in [6, 6.07) is 9.93. The van der Waals surface area contributed by atoms with E-state index >= 15 is 8.78 Å². The number of nitrogens with one attached hydrogen (secondary N) is 1. The van der Waals surface area contributed by atoms with Crippen LogP contribution >= 0.6 is 50.7 Å². The van der Waals surface area contributed by atoms with Crippen molar-refractivity contribution in [3.05, 3.63) is 78.3 Å². The highest BCUT2D eigenvalue weighted by Crippen LogP contribution is 2.44. The number of benzene rings is 1. The third kappa shape index (κ3) is 10.1. The summed E-state index contributed by atoms with van der Waals surface area (Å²) in [5.41, 5.74) is -1.73. The summed E-state index contributed by atoms with van der Waals surface area (Å²) in [6.07, 6.45) is -8.29. The maximum absolute atomic E-state index is 15.9. The predicted molar refractivity (Wildman–Crippen MR) is 172 cm³/mol. The van der Waals surface area contributed by atoms with Crippen LogP contribution in [0.1, 0.15) is 32.6 Å². The third-order valence-electron chi connectivity index (χ3n) is 6.15. The van der Waals surface area contributed by atoms with Crippen LogP contribution in [0.5, 0.6) is 5.88 Å². The average molecular weight is 815 g/mol. The van der Waals surface area contributed by atoms with Gasteiger partial charge < -0.3 is 28.4 Å². The summed E-state index contributed by atoms with van der Waals surface area (Å²) in [5.74, 6) is -5.82. The molecule has 49 heavy (non-hydrogen) atoms. The minimum Gasteiger partial charge on any atom is -0.465 e. The number of carbonyl (C=O) groups excluding carboxylic acids is 3. The van der Waals surface area contributed by atoms with E-state index in [1.165, 1.54) is 26.8 Å². The summed E-state index contributed by atoms with van der Waals surface area (Å²) in [7, 11) is 0. The van der Waals surface area contributed by atoms with Crippen LogP contribution in [0.25, 0.3) is 0 Å². The molecule has 0 radical (unpaired) electrons. The minimum absolute atomic E-state index is 0.0278. The molecule has 0 bridgehead atoms. The van der Waals surface area contributed by atoms with Gasteiger partial charge in [0.25, 0.3) is 0 Å². The first kappa shape index (κ1) is 38.0. The average Bonchev–Trinajstić information content (AvgIpc) is 3.25. The lowest BCUT2D eigenvalue weighted by atomic mass is 10.1. The number of anilines is 1. The molecule has 1 aliphatic rings.